The van der Waals surface area contributed by atoms with Gasteiger partial charge in [-0.1, -0.05) is 31.9 Å². The first-order valence-electron chi connectivity index (χ1n) is 12.5. The summed E-state index contributed by atoms with van der Waals surface area (Å²) in [4.78, 5) is 39.9. The second kappa shape index (κ2) is 9.14. The highest BCUT2D eigenvalue weighted by atomic mass is 32.1. The molecule has 6 nitrogen and oxygen atoms in total. The molecule has 34 heavy (non-hydrogen) atoms. The number of amides is 1. The molecule has 2 bridgehead atoms. The molecule has 1 aromatic rings. The number of aliphatic carboxylic acids is 1. The van der Waals surface area contributed by atoms with Crippen molar-refractivity contribution in [2.75, 3.05) is 11.9 Å². The number of hydrogen-bond donors (Lipinski definition) is 2. The Morgan fingerprint density at radius 3 is 2.29 bits per heavy atom. The number of carboxylic acid groups (broad SMARTS) is 1. The quantitative estimate of drug-likeness (QED) is 0.410. The van der Waals surface area contributed by atoms with Crippen molar-refractivity contribution in [3.05, 3.63) is 27.2 Å². The molecular formula is C27H37NO5S. The standard InChI is InChI=1S/C27H37NO5S/c1-7-33-26(32)22-15-9-8-14(27(4,5)6)12-18(15)34-24(22)28-23(29)20-16-10-11-17(19(16)13(2)3)21(20)25(30)31/h14,16-17,20-21H,7-12H2,1-6H3,(H,28,29)(H,30,31). The third kappa shape index (κ3) is 4.21. The van der Waals surface area contributed by atoms with Crippen LogP contribution in [0.15, 0.2) is 11.1 Å². The van der Waals surface area contributed by atoms with E-state index in [-0.39, 0.29) is 29.8 Å². The molecule has 0 spiro atoms. The van der Waals surface area contributed by atoms with Crippen LogP contribution in [0.3, 0.4) is 0 Å². The van der Waals surface area contributed by atoms with Gasteiger partial charge in [-0.3, -0.25) is 9.59 Å². The number of carbonyl (C=O) groups excluding carboxylic acids is 2. The molecule has 2 saturated carbocycles. The molecule has 0 radical (unpaired) electrons. The lowest BCUT2D eigenvalue weighted by atomic mass is 9.72. The van der Waals surface area contributed by atoms with Crippen molar-refractivity contribution < 1.29 is 24.2 Å². The molecule has 186 valence electrons. The Kier molecular flexibility index (Phi) is 6.71. The van der Waals surface area contributed by atoms with Gasteiger partial charge >= 0.3 is 11.9 Å². The SMILES string of the molecule is CCOC(=O)c1c(NC(=O)C2C3CCC(C3=C(C)C)C2C(=O)O)sc2c1CCC(C(C)(C)C)C2. The average molecular weight is 488 g/mol. The minimum Gasteiger partial charge on any atom is -0.481 e. The lowest BCUT2D eigenvalue weighted by molar-refractivity contribution is -0.148. The summed E-state index contributed by atoms with van der Waals surface area (Å²) >= 11 is 1.47. The monoisotopic (exact) mass is 487 g/mol. The number of thiophene rings is 1. The third-order valence-corrected chi connectivity index (χ3v) is 9.38. The molecule has 1 heterocycles. The molecule has 0 aromatic carbocycles. The van der Waals surface area contributed by atoms with E-state index in [1.54, 1.807) is 6.92 Å². The van der Waals surface area contributed by atoms with Crippen molar-refractivity contribution in [2.45, 2.75) is 73.6 Å². The molecular weight excluding hydrogens is 450 g/mol. The molecule has 1 amide bonds. The molecule has 1 aromatic heterocycles. The van der Waals surface area contributed by atoms with Crippen LogP contribution in [0.2, 0.25) is 0 Å². The first-order chi connectivity index (χ1) is 16.0. The Bertz CT molecular complexity index is 1040. The number of hydrogen-bond acceptors (Lipinski definition) is 5. The van der Waals surface area contributed by atoms with E-state index in [1.165, 1.54) is 11.3 Å². The van der Waals surface area contributed by atoms with Crippen LogP contribution in [0.5, 0.6) is 0 Å². The summed E-state index contributed by atoms with van der Waals surface area (Å²) < 4.78 is 5.37. The molecule has 5 atom stereocenters. The van der Waals surface area contributed by atoms with Crippen LogP contribution in [-0.4, -0.2) is 29.6 Å². The maximum atomic E-state index is 13.6. The van der Waals surface area contributed by atoms with E-state index in [9.17, 15) is 19.5 Å². The molecule has 2 fully saturated rings. The van der Waals surface area contributed by atoms with Gasteiger partial charge in [0.2, 0.25) is 5.91 Å². The number of carboxylic acids is 1. The zero-order valence-corrected chi connectivity index (χ0v) is 21.9. The second-order valence-corrected chi connectivity index (χ2v) is 12.5. The van der Waals surface area contributed by atoms with Crippen molar-refractivity contribution >= 4 is 34.2 Å². The number of esters is 1. The Morgan fingerprint density at radius 2 is 1.74 bits per heavy atom. The van der Waals surface area contributed by atoms with Crippen LogP contribution in [0.4, 0.5) is 5.00 Å². The van der Waals surface area contributed by atoms with Gasteiger partial charge in [-0.25, -0.2) is 4.79 Å². The predicted molar refractivity (Wildman–Crippen MR) is 133 cm³/mol. The summed E-state index contributed by atoms with van der Waals surface area (Å²) in [6.45, 7) is 12.8. The Balaban J connectivity index is 1.68. The fourth-order valence-corrected chi connectivity index (χ4v) is 7.95. The molecule has 0 aliphatic heterocycles. The minimum atomic E-state index is -0.907. The van der Waals surface area contributed by atoms with Gasteiger partial charge in [0.05, 0.1) is 24.0 Å². The number of allylic oxidation sites excluding steroid dienone is 2. The normalized spacial score (nSPS) is 27.9. The highest BCUT2D eigenvalue weighted by Crippen LogP contribution is 2.57. The largest absolute Gasteiger partial charge is 0.481 e. The molecule has 4 rings (SSSR count). The second-order valence-electron chi connectivity index (χ2n) is 11.4. The summed E-state index contributed by atoms with van der Waals surface area (Å²) in [5.41, 5.74) is 3.90. The number of rotatable bonds is 5. The van der Waals surface area contributed by atoms with E-state index < -0.39 is 23.8 Å². The van der Waals surface area contributed by atoms with Crippen LogP contribution in [0.1, 0.15) is 81.6 Å². The average Bonchev–Trinajstić information content (AvgIpc) is 3.41. The van der Waals surface area contributed by atoms with Gasteiger partial charge in [0.15, 0.2) is 0 Å². The highest BCUT2D eigenvalue weighted by molar-refractivity contribution is 7.17. The van der Waals surface area contributed by atoms with E-state index >= 15 is 0 Å². The topological polar surface area (TPSA) is 92.7 Å². The van der Waals surface area contributed by atoms with Crippen molar-refractivity contribution in [3.8, 4) is 0 Å². The van der Waals surface area contributed by atoms with Crippen LogP contribution >= 0.6 is 11.3 Å². The number of anilines is 1. The van der Waals surface area contributed by atoms with E-state index in [4.69, 9.17) is 4.74 Å². The Morgan fingerprint density at radius 1 is 1.09 bits per heavy atom. The third-order valence-electron chi connectivity index (χ3n) is 8.21. The number of fused-ring (bicyclic) bond motifs is 3. The van der Waals surface area contributed by atoms with E-state index in [1.807, 2.05) is 13.8 Å². The van der Waals surface area contributed by atoms with Crippen LogP contribution in [0.25, 0.3) is 0 Å². The van der Waals surface area contributed by atoms with Crippen LogP contribution in [0, 0.1) is 35.0 Å². The molecule has 5 unspecified atom stereocenters. The van der Waals surface area contributed by atoms with Crippen molar-refractivity contribution in [1.29, 1.82) is 0 Å². The fraction of sp³-hybridized carbons (Fsp3) is 0.667. The molecule has 0 saturated heterocycles. The predicted octanol–water partition coefficient (Wildman–Crippen LogP) is 5.71. The van der Waals surface area contributed by atoms with Crippen molar-refractivity contribution in [1.82, 2.24) is 0 Å². The van der Waals surface area contributed by atoms with Gasteiger partial charge in [0, 0.05) is 4.88 Å². The van der Waals surface area contributed by atoms with Gasteiger partial charge in [0.1, 0.15) is 5.00 Å². The summed E-state index contributed by atoms with van der Waals surface area (Å²) in [7, 11) is 0. The van der Waals surface area contributed by atoms with Gasteiger partial charge in [0.25, 0.3) is 0 Å². The summed E-state index contributed by atoms with van der Waals surface area (Å²) in [6.07, 6.45) is 4.31. The fourth-order valence-electron chi connectivity index (χ4n) is 6.63. The van der Waals surface area contributed by atoms with Crippen LogP contribution < -0.4 is 5.32 Å². The maximum Gasteiger partial charge on any atom is 0.341 e. The first-order valence-corrected chi connectivity index (χ1v) is 13.3. The van der Waals surface area contributed by atoms with Crippen molar-refractivity contribution in [2.24, 2.45) is 35.0 Å². The Hall–Kier alpha value is -2.15. The lowest BCUT2D eigenvalue weighted by Gasteiger charge is -2.33. The minimum absolute atomic E-state index is 0.0398. The van der Waals surface area contributed by atoms with Gasteiger partial charge < -0.3 is 15.2 Å². The smallest absolute Gasteiger partial charge is 0.341 e. The van der Waals surface area contributed by atoms with Gasteiger partial charge in [-0.05, 0) is 81.6 Å². The number of carbonyl (C=O) groups is 3. The molecule has 3 aliphatic carbocycles. The number of nitrogens with one attached hydrogen (secondary N) is 1. The van der Waals surface area contributed by atoms with E-state index in [2.05, 4.69) is 26.1 Å². The zero-order valence-electron chi connectivity index (χ0n) is 21.1. The van der Waals surface area contributed by atoms with Gasteiger partial charge in [-0.15, -0.1) is 11.3 Å². The molecule has 2 N–H and O–H groups in total. The molecule has 3 aliphatic rings. The summed E-state index contributed by atoms with van der Waals surface area (Å²) in [5.74, 6) is -2.53. The number of ether oxygens (including phenoxy) is 1. The lowest BCUT2D eigenvalue weighted by Crippen LogP contribution is -2.38. The first kappa shape index (κ1) is 25.0. The highest BCUT2D eigenvalue weighted by Gasteiger charge is 2.57. The molecule has 7 heteroatoms. The zero-order chi connectivity index (χ0) is 24.9. The summed E-state index contributed by atoms with van der Waals surface area (Å²) in [5, 5.41) is 13.5. The summed E-state index contributed by atoms with van der Waals surface area (Å²) in [6, 6.07) is 0. The van der Waals surface area contributed by atoms with E-state index in [0.717, 1.165) is 53.7 Å². The van der Waals surface area contributed by atoms with Crippen LogP contribution in [-0.2, 0) is 27.2 Å². The van der Waals surface area contributed by atoms with E-state index in [0.29, 0.717) is 16.5 Å². The maximum absolute atomic E-state index is 13.6. The Labute approximate surface area is 206 Å². The van der Waals surface area contributed by atoms with Gasteiger partial charge in [-0.2, -0.15) is 0 Å². The van der Waals surface area contributed by atoms with Crippen molar-refractivity contribution in [3.63, 3.8) is 0 Å².